The highest BCUT2D eigenvalue weighted by Crippen LogP contribution is 2.16. The minimum absolute atomic E-state index is 0.0197. The zero-order chi connectivity index (χ0) is 14.3. The van der Waals surface area contributed by atoms with E-state index in [9.17, 15) is 4.79 Å². The highest BCUT2D eigenvalue weighted by Gasteiger charge is 2.08. The summed E-state index contributed by atoms with van der Waals surface area (Å²) >= 11 is 6.03. The highest BCUT2D eigenvalue weighted by atomic mass is 35.5. The molecule has 100 valence electrons. The minimum Gasteiger partial charge on any atom is -0.285 e. The lowest BCUT2D eigenvalue weighted by atomic mass is 10.1. The first kappa shape index (κ1) is 15.8. The molecule has 1 aromatic rings. The fourth-order valence-electron chi connectivity index (χ4n) is 1.35. The number of Topliss-reactive ketones (excluding diaryl/α,β-unsaturated/α-hetero) is 1. The van der Waals surface area contributed by atoms with Gasteiger partial charge in [0.05, 0.1) is 0 Å². The molecule has 1 nitrogen and oxygen atoms in total. The van der Waals surface area contributed by atoms with Gasteiger partial charge in [0.1, 0.15) is 8.07 Å². The van der Waals surface area contributed by atoms with Crippen molar-refractivity contribution in [3.63, 3.8) is 0 Å². The second-order valence-corrected chi connectivity index (χ2v) is 10.5. The first-order valence-electron chi connectivity index (χ1n) is 6.35. The van der Waals surface area contributed by atoms with Crippen LogP contribution in [0.25, 0.3) is 6.08 Å². The Labute approximate surface area is 121 Å². The summed E-state index contributed by atoms with van der Waals surface area (Å²) in [5, 5.41) is 0.726. The van der Waals surface area contributed by atoms with Crippen molar-refractivity contribution in [2.75, 3.05) is 0 Å². The Bertz CT molecular complexity index is 530. The number of hydrogen-bond acceptors (Lipinski definition) is 1. The molecule has 0 N–H and O–H groups in total. The van der Waals surface area contributed by atoms with Crippen LogP contribution in [0.15, 0.2) is 30.3 Å². The zero-order valence-electron chi connectivity index (χ0n) is 11.7. The van der Waals surface area contributed by atoms with Crippen molar-refractivity contribution >= 4 is 31.5 Å². The number of ketones is 1. The molecule has 0 amide bonds. The Morgan fingerprint density at radius 3 is 2.63 bits per heavy atom. The number of allylic oxidation sites excluding steroid dienone is 1. The van der Waals surface area contributed by atoms with Gasteiger partial charge in [0.25, 0.3) is 0 Å². The maximum absolute atomic E-state index is 11.6. The van der Waals surface area contributed by atoms with Gasteiger partial charge < -0.3 is 0 Å². The molecule has 0 heterocycles. The van der Waals surface area contributed by atoms with Gasteiger partial charge in [-0.1, -0.05) is 61.6 Å². The van der Waals surface area contributed by atoms with E-state index in [-0.39, 0.29) is 5.78 Å². The van der Waals surface area contributed by atoms with Gasteiger partial charge in [-0.2, -0.15) is 0 Å². The first-order chi connectivity index (χ1) is 8.88. The average molecular weight is 291 g/mol. The van der Waals surface area contributed by atoms with Crippen molar-refractivity contribution in [2.24, 2.45) is 0 Å². The van der Waals surface area contributed by atoms with E-state index in [0.717, 1.165) is 10.6 Å². The van der Waals surface area contributed by atoms with Gasteiger partial charge >= 0.3 is 0 Å². The van der Waals surface area contributed by atoms with Crippen LogP contribution in [0.2, 0.25) is 24.7 Å². The Hall–Kier alpha value is -1.30. The van der Waals surface area contributed by atoms with E-state index < -0.39 is 8.07 Å². The van der Waals surface area contributed by atoms with E-state index in [1.54, 1.807) is 0 Å². The zero-order valence-corrected chi connectivity index (χ0v) is 13.4. The topological polar surface area (TPSA) is 17.1 Å². The molecule has 0 spiro atoms. The van der Waals surface area contributed by atoms with Crippen molar-refractivity contribution < 1.29 is 4.79 Å². The Morgan fingerprint density at radius 1 is 1.32 bits per heavy atom. The minimum atomic E-state index is -1.45. The molecule has 0 aliphatic carbocycles. The molecule has 0 atom stereocenters. The highest BCUT2D eigenvalue weighted by molar-refractivity contribution is 6.84. The molecule has 0 saturated carbocycles. The van der Waals surface area contributed by atoms with Crippen molar-refractivity contribution in [3.05, 3.63) is 40.9 Å². The molecule has 0 aliphatic rings. The van der Waals surface area contributed by atoms with Crippen LogP contribution in [-0.4, -0.2) is 13.9 Å². The standard InChI is InChI=1S/C16H19ClOSi/c1-19(2,3)13-12-15(18)10-6-4-8-14-9-5-7-11-16(14)17/h4-5,7-9,11H,6,10H2,1-3H3/b8-4+. The summed E-state index contributed by atoms with van der Waals surface area (Å²) in [6.45, 7) is 6.39. The van der Waals surface area contributed by atoms with Crippen molar-refractivity contribution in [2.45, 2.75) is 32.5 Å². The summed E-state index contributed by atoms with van der Waals surface area (Å²) in [5.41, 5.74) is 4.06. The lowest BCUT2D eigenvalue weighted by molar-refractivity contribution is -0.113. The predicted molar refractivity (Wildman–Crippen MR) is 85.8 cm³/mol. The van der Waals surface area contributed by atoms with Crippen LogP contribution in [0.5, 0.6) is 0 Å². The van der Waals surface area contributed by atoms with Crippen LogP contribution in [-0.2, 0) is 4.79 Å². The molecule has 0 unspecified atom stereocenters. The molecule has 0 bridgehead atoms. The van der Waals surface area contributed by atoms with Crippen molar-refractivity contribution in [3.8, 4) is 11.5 Å². The number of benzene rings is 1. The van der Waals surface area contributed by atoms with Crippen molar-refractivity contribution in [1.82, 2.24) is 0 Å². The van der Waals surface area contributed by atoms with E-state index in [1.807, 2.05) is 36.4 Å². The lowest BCUT2D eigenvalue weighted by Gasteiger charge is -2.02. The number of rotatable bonds is 4. The fraction of sp³-hybridized carbons (Fsp3) is 0.312. The number of halogens is 1. The van der Waals surface area contributed by atoms with Crippen LogP contribution in [0, 0.1) is 11.5 Å². The van der Waals surface area contributed by atoms with Crippen LogP contribution in [0.1, 0.15) is 18.4 Å². The molecule has 1 rings (SSSR count). The maximum atomic E-state index is 11.6. The van der Waals surface area contributed by atoms with E-state index in [0.29, 0.717) is 12.8 Å². The lowest BCUT2D eigenvalue weighted by Crippen LogP contribution is -2.17. The van der Waals surface area contributed by atoms with Gasteiger partial charge in [-0.05, 0) is 24.0 Å². The third-order valence-corrected chi connectivity index (χ3v) is 3.54. The van der Waals surface area contributed by atoms with Gasteiger partial charge in [0.15, 0.2) is 0 Å². The number of hydrogen-bond donors (Lipinski definition) is 0. The molecule has 0 aliphatic heterocycles. The summed E-state index contributed by atoms with van der Waals surface area (Å²) in [4.78, 5) is 11.6. The van der Waals surface area contributed by atoms with E-state index >= 15 is 0 Å². The molecular weight excluding hydrogens is 272 g/mol. The summed E-state index contributed by atoms with van der Waals surface area (Å²) in [7, 11) is -1.45. The van der Waals surface area contributed by atoms with E-state index in [4.69, 9.17) is 11.6 Å². The Morgan fingerprint density at radius 2 is 2.00 bits per heavy atom. The van der Waals surface area contributed by atoms with Crippen LogP contribution >= 0.6 is 11.6 Å². The number of carbonyl (C=O) groups excluding carboxylic acids is 1. The molecular formula is C16H19ClOSi. The molecule has 0 radical (unpaired) electrons. The molecule has 0 fully saturated rings. The van der Waals surface area contributed by atoms with Gasteiger partial charge in [0.2, 0.25) is 5.78 Å². The molecule has 3 heteroatoms. The fourth-order valence-corrected chi connectivity index (χ4v) is 2.07. The van der Waals surface area contributed by atoms with Gasteiger partial charge in [0, 0.05) is 11.4 Å². The average Bonchev–Trinajstić information content (AvgIpc) is 2.33. The molecule has 19 heavy (non-hydrogen) atoms. The second kappa shape index (κ2) is 7.33. The summed E-state index contributed by atoms with van der Waals surface area (Å²) < 4.78 is 0. The van der Waals surface area contributed by atoms with Crippen LogP contribution < -0.4 is 0 Å². The Balaban J connectivity index is 2.44. The monoisotopic (exact) mass is 290 g/mol. The SMILES string of the molecule is C[Si](C)(C)C#CC(=O)CC/C=C/c1ccccc1Cl. The quantitative estimate of drug-likeness (QED) is 0.586. The summed E-state index contributed by atoms with van der Waals surface area (Å²) in [6, 6.07) is 7.64. The van der Waals surface area contributed by atoms with E-state index in [1.165, 1.54) is 0 Å². The normalized spacial score (nSPS) is 11.2. The number of carbonyl (C=O) groups is 1. The molecule has 1 aromatic carbocycles. The second-order valence-electron chi connectivity index (χ2n) is 5.39. The Kier molecular flexibility index (Phi) is 6.07. The first-order valence-corrected chi connectivity index (χ1v) is 10.2. The summed E-state index contributed by atoms with van der Waals surface area (Å²) in [5.74, 6) is 2.77. The summed E-state index contributed by atoms with van der Waals surface area (Å²) in [6.07, 6.45) is 5.08. The van der Waals surface area contributed by atoms with Crippen LogP contribution in [0.4, 0.5) is 0 Å². The van der Waals surface area contributed by atoms with Gasteiger partial charge in [-0.15, -0.1) is 5.54 Å². The smallest absolute Gasteiger partial charge is 0.205 e. The molecule has 0 saturated heterocycles. The predicted octanol–water partition coefficient (Wildman–Crippen LogP) is 4.58. The largest absolute Gasteiger partial charge is 0.285 e. The third kappa shape index (κ3) is 7.00. The maximum Gasteiger partial charge on any atom is 0.205 e. The van der Waals surface area contributed by atoms with Gasteiger partial charge in [-0.25, -0.2) is 0 Å². The molecule has 0 aromatic heterocycles. The van der Waals surface area contributed by atoms with Crippen molar-refractivity contribution in [1.29, 1.82) is 0 Å². The third-order valence-electron chi connectivity index (χ3n) is 2.32. The van der Waals surface area contributed by atoms with Crippen LogP contribution in [0.3, 0.4) is 0 Å². The van der Waals surface area contributed by atoms with Gasteiger partial charge in [-0.3, -0.25) is 4.79 Å². The van der Waals surface area contributed by atoms with E-state index in [2.05, 4.69) is 31.1 Å².